The molecule has 2 rings (SSSR count). The molecule has 1 heterocycles. The quantitative estimate of drug-likeness (QED) is 0.844. The lowest BCUT2D eigenvalue weighted by Gasteiger charge is -2.11. The second-order valence-corrected chi connectivity index (χ2v) is 4.73. The van der Waals surface area contributed by atoms with Gasteiger partial charge in [-0.3, -0.25) is 0 Å². The van der Waals surface area contributed by atoms with Crippen molar-refractivity contribution in [2.75, 3.05) is 6.54 Å². The van der Waals surface area contributed by atoms with Gasteiger partial charge in [-0.05, 0) is 23.2 Å². The molecule has 0 aliphatic carbocycles. The lowest BCUT2D eigenvalue weighted by Crippen LogP contribution is -2.28. The predicted molar refractivity (Wildman–Crippen MR) is 67.7 cm³/mol. The molecular formula is C12H13F2N3OS. The summed E-state index contributed by atoms with van der Waals surface area (Å²) >= 11 is 1.26. The minimum Gasteiger partial charge on any atom is -0.391 e. The molecule has 7 heteroatoms. The van der Waals surface area contributed by atoms with Gasteiger partial charge in [0.05, 0.1) is 11.8 Å². The summed E-state index contributed by atoms with van der Waals surface area (Å²) in [6, 6.07) is 3.34. The second kappa shape index (κ2) is 6.65. The Balaban J connectivity index is 1.79. The van der Waals surface area contributed by atoms with Gasteiger partial charge in [0.1, 0.15) is 11.6 Å². The zero-order chi connectivity index (χ0) is 13.7. The second-order valence-electron chi connectivity index (χ2n) is 4.12. The minimum atomic E-state index is -0.744. The maximum absolute atomic E-state index is 13.4. The standard InChI is InChI=1S/C12H13F2N3OS/c13-9-2-1-8(12(14)4-9)3-11(18)6-15-5-10-7-19-17-16-10/h1-2,4,7,11,15,18H,3,5-6H2/t11-/m0/s1. The third-order valence-electron chi connectivity index (χ3n) is 2.56. The Kier molecular flexibility index (Phi) is 4.89. The van der Waals surface area contributed by atoms with Crippen LogP contribution in [0.25, 0.3) is 0 Å². The Labute approximate surface area is 113 Å². The number of aromatic nitrogens is 2. The summed E-state index contributed by atoms with van der Waals surface area (Å²) in [6.07, 6.45) is -0.611. The van der Waals surface area contributed by atoms with Crippen molar-refractivity contribution in [2.45, 2.75) is 19.1 Å². The number of nitrogens with zero attached hydrogens (tertiary/aromatic N) is 2. The number of halogens is 2. The van der Waals surface area contributed by atoms with Gasteiger partial charge in [-0.1, -0.05) is 10.6 Å². The average molecular weight is 285 g/mol. The van der Waals surface area contributed by atoms with E-state index in [1.54, 1.807) is 5.38 Å². The third kappa shape index (κ3) is 4.30. The molecule has 0 aliphatic rings. The first-order chi connectivity index (χ1) is 9.15. The first kappa shape index (κ1) is 14.0. The Morgan fingerprint density at radius 3 is 2.89 bits per heavy atom. The summed E-state index contributed by atoms with van der Waals surface area (Å²) in [4.78, 5) is 0. The molecule has 0 fully saturated rings. The van der Waals surface area contributed by atoms with Crippen LogP contribution in [0, 0.1) is 11.6 Å². The fraction of sp³-hybridized carbons (Fsp3) is 0.333. The maximum Gasteiger partial charge on any atom is 0.129 e. The van der Waals surface area contributed by atoms with Gasteiger partial charge in [-0.25, -0.2) is 8.78 Å². The van der Waals surface area contributed by atoms with E-state index < -0.39 is 17.7 Å². The Morgan fingerprint density at radius 2 is 2.21 bits per heavy atom. The monoisotopic (exact) mass is 285 g/mol. The number of benzene rings is 1. The fourth-order valence-electron chi connectivity index (χ4n) is 1.64. The molecule has 102 valence electrons. The van der Waals surface area contributed by atoms with E-state index in [9.17, 15) is 13.9 Å². The number of aliphatic hydroxyl groups excluding tert-OH is 1. The molecule has 19 heavy (non-hydrogen) atoms. The highest BCUT2D eigenvalue weighted by Gasteiger charge is 2.10. The Hall–Kier alpha value is -1.44. The normalized spacial score (nSPS) is 12.6. The van der Waals surface area contributed by atoms with Crippen molar-refractivity contribution >= 4 is 11.5 Å². The number of nitrogens with one attached hydrogen (secondary N) is 1. The molecule has 0 unspecified atom stereocenters. The SMILES string of the molecule is O[C@H](CNCc1csnn1)Cc1ccc(F)cc1F. The van der Waals surface area contributed by atoms with Crippen LogP contribution in [-0.4, -0.2) is 27.3 Å². The summed E-state index contributed by atoms with van der Waals surface area (Å²) in [7, 11) is 0. The van der Waals surface area contributed by atoms with Crippen LogP contribution in [0.2, 0.25) is 0 Å². The first-order valence-corrected chi connectivity index (χ1v) is 6.57. The summed E-state index contributed by atoms with van der Waals surface area (Å²) in [5, 5.41) is 18.4. The van der Waals surface area contributed by atoms with Crippen LogP contribution in [0.4, 0.5) is 8.78 Å². The van der Waals surface area contributed by atoms with Gasteiger partial charge in [0.25, 0.3) is 0 Å². The Morgan fingerprint density at radius 1 is 1.37 bits per heavy atom. The van der Waals surface area contributed by atoms with Crippen molar-refractivity contribution in [2.24, 2.45) is 0 Å². The van der Waals surface area contributed by atoms with Gasteiger partial charge in [0.2, 0.25) is 0 Å². The molecule has 1 aromatic heterocycles. The lowest BCUT2D eigenvalue weighted by molar-refractivity contribution is 0.170. The van der Waals surface area contributed by atoms with Gasteiger partial charge in [-0.2, -0.15) is 0 Å². The van der Waals surface area contributed by atoms with Crippen molar-refractivity contribution in [3.05, 3.63) is 46.5 Å². The van der Waals surface area contributed by atoms with Crippen LogP contribution in [-0.2, 0) is 13.0 Å². The lowest BCUT2D eigenvalue weighted by atomic mass is 10.1. The van der Waals surface area contributed by atoms with Crippen molar-refractivity contribution in [1.29, 1.82) is 0 Å². The zero-order valence-corrected chi connectivity index (χ0v) is 10.8. The molecule has 0 saturated carbocycles. The van der Waals surface area contributed by atoms with E-state index in [0.717, 1.165) is 11.8 Å². The highest BCUT2D eigenvalue weighted by atomic mass is 32.1. The molecular weight excluding hydrogens is 272 g/mol. The van der Waals surface area contributed by atoms with Crippen LogP contribution in [0.15, 0.2) is 23.6 Å². The highest BCUT2D eigenvalue weighted by molar-refractivity contribution is 7.03. The summed E-state index contributed by atoms with van der Waals surface area (Å²) in [5.41, 5.74) is 1.09. The molecule has 2 aromatic rings. The third-order valence-corrected chi connectivity index (χ3v) is 3.12. The van der Waals surface area contributed by atoms with E-state index in [-0.39, 0.29) is 6.42 Å². The van der Waals surface area contributed by atoms with Gasteiger partial charge in [0.15, 0.2) is 0 Å². The van der Waals surface area contributed by atoms with E-state index >= 15 is 0 Å². The highest BCUT2D eigenvalue weighted by Crippen LogP contribution is 2.11. The summed E-state index contributed by atoms with van der Waals surface area (Å²) in [6.45, 7) is 0.799. The number of hydrogen-bond acceptors (Lipinski definition) is 5. The fourth-order valence-corrected chi connectivity index (χ4v) is 2.09. The largest absolute Gasteiger partial charge is 0.391 e. The molecule has 0 saturated heterocycles. The number of aliphatic hydroxyl groups is 1. The number of rotatable bonds is 6. The Bertz CT molecular complexity index is 522. The molecule has 1 aromatic carbocycles. The summed E-state index contributed by atoms with van der Waals surface area (Å²) < 4.78 is 29.8. The average Bonchev–Trinajstić information content (AvgIpc) is 2.86. The maximum atomic E-state index is 13.4. The summed E-state index contributed by atoms with van der Waals surface area (Å²) in [5.74, 6) is -1.26. The predicted octanol–water partition coefficient (Wildman–Crippen LogP) is 1.51. The van der Waals surface area contributed by atoms with Gasteiger partial charge < -0.3 is 10.4 Å². The first-order valence-electron chi connectivity index (χ1n) is 5.74. The molecule has 0 aliphatic heterocycles. The van der Waals surface area contributed by atoms with Crippen LogP contribution >= 0.6 is 11.5 Å². The van der Waals surface area contributed by atoms with E-state index in [1.807, 2.05) is 0 Å². The van der Waals surface area contributed by atoms with E-state index in [4.69, 9.17) is 0 Å². The molecule has 1 atom stereocenters. The van der Waals surface area contributed by atoms with Gasteiger partial charge in [0, 0.05) is 31.0 Å². The van der Waals surface area contributed by atoms with Crippen molar-refractivity contribution in [3.63, 3.8) is 0 Å². The van der Waals surface area contributed by atoms with Crippen LogP contribution < -0.4 is 5.32 Å². The van der Waals surface area contributed by atoms with Gasteiger partial charge >= 0.3 is 0 Å². The van der Waals surface area contributed by atoms with Crippen LogP contribution in [0.1, 0.15) is 11.3 Å². The molecule has 2 N–H and O–H groups in total. The van der Waals surface area contributed by atoms with Crippen LogP contribution in [0.3, 0.4) is 0 Å². The molecule has 0 bridgehead atoms. The van der Waals surface area contributed by atoms with Crippen molar-refractivity contribution in [3.8, 4) is 0 Å². The topological polar surface area (TPSA) is 58.0 Å². The minimum absolute atomic E-state index is 0.133. The molecule has 0 radical (unpaired) electrons. The van der Waals surface area contributed by atoms with E-state index in [0.29, 0.717) is 18.7 Å². The van der Waals surface area contributed by atoms with E-state index in [2.05, 4.69) is 14.9 Å². The molecule has 0 spiro atoms. The molecule has 0 amide bonds. The van der Waals surface area contributed by atoms with Crippen molar-refractivity contribution < 1.29 is 13.9 Å². The van der Waals surface area contributed by atoms with Crippen molar-refractivity contribution in [1.82, 2.24) is 14.9 Å². The molecule has 4 nitrogen and oxygen atoms in total. The van der Waals surface area contributed by atoms with Crippen LogP contribution in [0.5, 0.6) is 0 Å². The van der Waals surface area contributed by atoms with Gasteiger partial charge in [-0.15, -0.1) is 5.10 Å². The van der Waals surface area contributed by atoms with E-state index in [1.165, 1.54) is 23.7 Å². The number of hydrogen-bond donors (Lipinski definition) is 2. The smallest absolute Gasteiger partial charge is 0.129 e. The zero-order valence-electron chi connectivity index (χ0n) is 10.0.